The number of hydrogen-bond acceptors (Lipinski definition) is 2. The highest BCUT2D eigenvalue weighted by molar-refractivity contribution is 4.98. The van der Waals surface area contributed by atoms with Crippen LogP contribution in [-0.4, -0.2) is 22.1 Å². The molecule has 0 amide bonds. The molecule has 17 heavy (non-hydrogen) atoms. The van der Waals surface area contributed by atoms with Crippen molar-refractivity contribution in [1.82, 2.24) is 14.9 Å². The predicted molar refractivity (Wildman–Crippen MR) is 73.1 cm³/mol. The summed E-state index contributed by atoms with van der Waals surface area (Å²) in [5, 5.41) is 3.61. The molecule has 0 radical (unpaired) electrons. The molecule has 0 fully saturated rings. The number of rotatable bonds is 7. The topological polar surface area (TPSA) is 29.9 Å². The van der Waals surface area contributed by atoms with Crippen molar-refractivity contribution in [2.24, 2.45) is 5.41 Å². The first kappa shape index (κ1) is 14.2. The van der Waals surface area contributed by atoms with Gasteiger partial charge in [0, 0.05) is 31.4 Å². The van der Waals surface area contributed by atoms with Crippen LogP contribution in [0.3, 0.4) is 0 Å². The van der Waals surface area contributed by atoms with Crippen molar-refractivity contribution in [3.05, 3.63) is 18.2 Å². The van der Waals surface area contributed by atoms with Crippen molar-refractivity contribution in [2.75, 3.05) is 6.54 Å². The van der Waals surface area contributed by atoms with Crippen LogP contribution in [0.15, 0.2) is 12.4 Å². The van der Waals surface area contributed by atoms with Gasteiger partial charge in [-0.05, 0) is 25.3 Å². The molecule has 1 N–H and O–H groups in total. The Labute approximate surface area is 106 Å². The third-order valence-corrected chi connectivity index (χ3v) is 3.83. The van der Waals surface area contributed by atoms with E-state index in [1.807, 2.05) is 6.20 Å². The van der Waals surface area contributed by atoms with Gasteiger partial charge >= 0.3 is 0 Å². The van der Waals surface area contributed by atoms with Gasteiger partial charge in [-0.15, -0.1) is 0 Å². The molecule has 0 aliphatic heterocycles. The van der Waals surface area contributed by atoms with E-state index in [4.69, 9.17) is 0 Å². The summed E-state index contributed by atoms with van der Waals surface area (Å²) < 4.78 is 2.23. The maximum absolute atomic E-state index is 4.48. The average molecular weight is 237 g/mol. The van der Waals surface area contributed by atoms with Crippen LogP contribution in [0, 0.1) is 5.41 Å². The van der Waals surface area contributed by atoms with Crippen LogP contribution >= 0.6 is 0 Å². The quantitative estimate of drug-likeness (QED) is 0.790. The molecule has 0 saturated heterocycles. The Kier molecular flexibility index (Phi) is 5.19. The van der Waals surface area contributed by atoms with E-state index in [0.29, 0.717) is 11.5 Å². The molecule has 3 nitrogen and oxygen atoms in total. The lowest BCUT2D eigenvalue weighted by Gasteiger charge is -2.34. The average Bonchev–Trinajstić information content (AvgIpc) is 2.75. The zero-order valence-electron chi connectivity index (χ0n) is 12.0. The Morgan fingerprint density at radius 3 is 2.59 bits per heavy atom. The van der Waals surface area contributed by atoms with Crippen molar-refractivity contribution >= 4 is 0 Å². The summed E-state index contributed by atoms with van der Waals surface area (Å²) in [6, 6.07) is 0.491. The normalized spacial score (nSPS) is 13.9. The van der Waals surface area contributed by atoms with Gasteiger partial charge in [0.15, 0.2) is 0 Å². The number of aromatic nitrogens is 2. The first-order valence-electron chi connectivity index (χ1n) is 6.78. The van der Waals surface area contributed by atoms with Gasteiger partial charge in [-0.25, -0.2) is 4.98 Å². The van der Waals surface area contributed by atoms with E-state index in [1.54, 1.807) is 0 Å². The Morgan fingerprint density at radius 2 is 2.06 bits per heavy atom. The number of imidazole rings is 1. The van der Waals surface area contributed by atoms with Crippen LogP contribution in [-0.2, 0) is 13.0 Å². The number of nitrogens with one attached hydrogen (secondary N) is 1. The van der Waals surface area contributed by atoms with Gasteiger partial charge in [0.25, 0.3) is 0 Å². The second kappa shape index (κ2) is 6.20. The lowest BCUT2D eigenvalue weighted by molar-refractivity contribution is 0.229. The molecule has 0 aromatic carbocycles. The molecule has 1 heterocycles. The van der Waals surface area contributed by atoms with Crippen molar-refractivity contribution in [1.29, 1.82) is 0 Å². The van der Waals surface area contributed by atoms with E-state index in [-0.39, 0.29) is 0 Å². The summed E-state index contributed by atoms with van der Waals surface area (Å²) >= 11 is 0. The number of likely N-dealkylation sites (N-methyl/N-ethyl adjacent to an activating group) is 1. The highest BCUT2D eigenvalue weighted by Crippen LogP contribution is 2.27. The molecular formula is C14H27N3. The maximum Gasteiger partial charge on any atom is 0.110 e. The van der Waals surface area contributed by atoms with Crippen LogP contribution in [0.2, 0.25) is 0 Å². The van der Waals surface area contributed by atoms with E-state index < -0.39 is 0 Å². The van der Waals surface area contributed by atoms with Crippen molar-refractivity contribution < 1.29 is 0 Å². The summed E-state index contributed by atoms with van der Waals surface area (Å²) in [7, 11) is 0. The monoisotopic (exact) mass is 237 g/mol. The van der Waals surface area contributed by atoms with Gasteiger partial charge in [-0.2, -0.15) is 0 Å². The molecule has 0 aliphatic rings. The number of hydrogen-bond donors (Lipinski definition) is 1. The molecule has 1 unspecified atom stereocenters. The molecular weight excluding hydrogens is 210 g/mol. The summed E-state index contributed by atoms with van der Waals surface area (Å²) in [6.07, 6.45) is 6.16. The minimum absolute atomic E-state index is 0.306. The summed E-state index contributed by atoms with van der Waals surface area (Å²) in [5.41, 5.74) is 0.306. The van der Waals surface area contributed by atoms with Crippen molar-refractivity contribution in [3.63, 3.8) is 0 Å². The maximum atomic E-state index is 4.48. The van der Waals surface area contributed by atoms with E-state index in [0.717, 1.165) is 19.5 Å². The molecule has 0 aliphatic carbocycles. The summed E-state index contributed by atoms with van der Waals surface area (Å²) in [4.78, 5) is 4.48. The van der Waals surface area contributed by atoms with E-state index in [1.165, 1.54) is 12.2 Å². The molecule has 1 aromatic rings. The molecule has 0 spiro atoms. The van der Waals surface area contributed by atoms with Crippen LogP contribution in [0.5, 0.6) is 0 Å². The lowest BCUT2D eigenvalue weighted by Crippen LogP contribution is -2.43. The first-order valence-corrected chi connectivity index (χ1v) is 6.78. The highest BCUT2D eigenvalue weighted by Gasteiger charge is 2.28. The fraction of sp³-hybridized carbons (Fsp3) is 0.786. The fourth-order valence-corrected chi connectivity index (χ4v) is 2.12. The highest BCUT2D eigenvalue weighted by atomic mass is 15.1. The number of nitrogens with zero attached hydrogens (tertiary/aromatic N) is 2. The van der Waals surface area contributed by atoms with Gasteiger partial charge in [0.2, 0.25) is 0 Å². The number of aryl methyl sites for hydroxylation is 1. The van der Waals surface area contributed by atoms with E-state index in [2.05, 4.69) is 55.7 Å². The Morgan fingerprint density at radius 1 is 1.35 bits per heavy atom. The van der Waals surface area contributed by atoms with Crippen molar-refractivity contribution in [3.8, 4) is 0 Å². The predicted octanol–water partition coefficient (Wildman–Crippen LogP) is 2.86. The molecule has 1 rings (SSSR count). The zero-order valence-corrected chi connectivity index (χ0v) is 12.0. The zero-order chi connectivity index (χ0) is 12.9. The van der Waals surface area contributed by atoms with Gasteiger partial charge in [-0.3, -0.25) is 0 Å². The first-order chi connectivity index (χ1) is 8.05. The van der Waals surface area contributed by atoms with Crippen LogP contribution < -0.4 is 5.32 Å². The SMILES string of the molecule is CCNC(Cc1nccn1CC)C(C)(C)CC. The van der Waals surface area contributed by atoms with E-state index in [9.17, 15) is 0 Å². The van der Waals surface area contributed by atoms with E-state index >= 15 is 0 Å². The third-order valence-electron chi connectivity index (χ3n) is 3.83. The van der Waals surface area contributed by atoms with Gasteiger partial charge in [0.1, 0.15) is 5.82 Å². The van der Waals surface area contributed by atoms with Crippen LogP contribution in [0.4, 0.5) is 0 Å². The lowest BCUT2D eigenvalue weighted by atomic mass is 9.80. The molecule has 1 atom stereocenters. The van der Waals surface area contributed by atoms with Gasteiger partial charge in [0.05, 0.1) is 0 Å². The second-order valence-electron chi connectivity index (χ2n) is 5.29. The molecule has 0 bridgehead atoms. The third kappa shape index (κ3) is 3.56. The largest absolute Gasteiger partial charge is 0.335 e. The van der Waals surface area contributed by atoms with Gasteiger partial charge < -0.3 is 9.88 Å². The smallest absolute Gasteiger partial charge is 0.110 e. The second-order valence-corrected chi connectivity index (χ2v) is 5.29. The molecule has 1 aromatic heterocycles. The molecule has 98 valence electrons. The summed E-state index contributed by atoms with van der Waals surface area (Å²) in [5.74, 6) is 1.19. The standard InChI is InChI=1S/C14H27N3/c1-6-14(4,5)12(15-7-2)11-13-16-9-10-17(13)8-3/h9-10,12,15H,6-8,11H2,1-5H3. The minimum atomic E-state index is 0.306. The Bertz CT molecular complexity index is 328. The van der Waals surface area contributed by atoms with Crippen LogP contribution in [0.1, 0.15) is 46.9 Å². The molecule has 3 heteroatoms. The van der Waals surface area contributed by atoms with Crippen LogP contribution in [0.25, 0.3) is 0 Å². The Hall–Kier alpha value is -0.830. The fourth-order valence-electron chi connectivity index (χ4n) is 2.12. The Balaban J connectivity index is 2.80. The minimum Gasteiger partial charge on any atom is -0.335 e. The van der Waals surface area contributed by atoms with Gasteiger partial charge in [-0.1, -0.05) is 27.7 Å². The molecule has 0 saturated carbocycles. The van der Waals surface area contributed by atoms with Crippen molar-refractivity contribution in [2.45, 2.75) is 60.0 Å². The summed E-state index contributed by atoms with van der Waals surface area (Å²) in [6.45, 7) is 13.3.